The minimum Gasteiger partial charge on any atom is -0.481 e. The molecule has 6 rings (SSSR count). The first kappa shape index (κ1) is 27.2. The summed E-state index contributed by atoms with van der Waals surface area (Å²) in [6.07, 6.45) is -0.232. The number of aliphatic hydroxyl groups excluding tert-OH is 1. The molecule has 3 heterocycles. The maximum atomic E-state index is 15.1. The molecule has 3 aliphatic rings. The quantitative estimate of drug-likeness (QED) is 0.487. The number of benzene rings is 2. The van der Waals surface area contributed by atoms with Gasteiger partial charge in [-0.15, -0.1) is 0 Å². The van der Waals surface area contributed by atoms with Crippen LogP contribution in [0.15, 0.2) is 60.7 Å². The highest BCUT2D eigenvalue weighted by atomic mass is 19.1. The van der Waals surface area contributed by atoms with E-state index in [-0.39, 0.29) is 29.4 Å². The molecule has 41 heavy (non-hydrogen) atoms. The number of rotatable bonds is 5. The summed E-state index contributed by atoms with van der Waals surface area (Å²) >= 11 is 0. The molecule has 0 spiro atoms. The van der Waals surface area contributed by atoms with Crippen molar-refractivity contribution >= 4 is 0 Å². The first-order valence-electron chi connectivity index (χ1n) is 13.7. The second-order valence-electron chi connectivity index (χ2n) is 11.5. The zero-order valence-electron chi connectivity index (χ0n) is 22.9. The van der Waals surface area contributed by atoms with Crippen LogP contribution < -0.4 is 9.47 Å². The average molecular weight is 555 g/mol. The number of hydrogen-bond acceptors (Lipinski definition) is 8. The Balaban J connectivity index is 1.61. The van der Waals surface area contributed by atoms with Gasteiger partial charge >= 0.3 is 0 Å². The summed E-state index contributed by atoms with van der Waals surface area (Å²) in [6, 6.07) is 21.9. The highest BCUT2D eigenvalue weighted by Gasteiger charge is 2.77. The molecule has 0 amide bonds. The minimum atomic E-state index is -2.07. The number of nitriles is 2. The molecule has 1 aliphatic carbocycles. The predicted octanol–water partition coefficient (Wildman–Crippen LogP) is 3.91. The number of halogens is 1. The molecule has 2 aliphatic heterocycles. The molecule has 1 unspecified atom stereocenters. The molecule has 1 saturated carbocycles. The normalized spacial score (nSPS) is 32.3. The Morgan fingerprint density at radius 1 is 1.15 bits per heavy atom. The Kier molecular flexibility index (Phi) is 6.50. The largest absolute Gasteiger partial charge is 0.481 e. The van der Waals surface area contributed by atoms with Gasteiger partial charge in [-0.05, 0) is 49.6 Å². The molecule has 2 aromatic carbocycles. The number of pyridine rings is 1. The van der Waals surface area contributed by atoms with Crippen LogP contribution in [0.4, 0.5) is 4.39 Å². The van der Waals surface area contributed by atoms with Gasteiger partial charge in [0.25, 0.3) is 0 Å². The second kappa shape index (κ2) is 9.81. The van der Waals surface area contributed by atoms with Crippen molar-refractivity contribution in [2.45, 2.75) is 48.7 Å². The molecule has 0 radical (unpaired) electrons. The fourth-order valence-electron chi connectivity index (χ4n) is 7.38. The number of likely N-dealkylation sites (tertiary alicyclic amines) is 1. The van der Waals surface area contributed by atoms with E-state index in [0.29, 0.717) is 37.1 Å². The summed E-state index contributed by atoms with van der Waals surface area (Å²) in [5.41, 5.74) is -3.03. The Hall–Kier alpha value is -4.02. The molecular formula is C32H31FN4O4. The lowest BCUT2D eigenvalue weighted by molar-refractivity contribution is -0.152. The van der Waals surface area contributed by atoms with Crippen molar-refractivity contribution in [3.8, 4) is 23.8 Å². The van der Waals surface area contributed by atoms with E-state index in [1.807, 2.05) is 41.3 Å². The lowest BCUT2D eigenvalue weighted by Crippen LogP contribution is -2.52. The van der Waals surface area contributed by atoms with Crippen LogP contribution in [0.25, 0.3) is 0 Å². The van der Waals surface area contributed by atoms with Crippen molar-refractivity contribution in [1.82, 2.24) is 9.88 Å². The van der Waals surface area contributed by atoms with Crippen LogP contribution in [0.5, 0.6) is 11.6 Å². The summed E-state index contributed by atoms with van der Waals surface area (Å²) in [4.78, 5) is 6.31. The van der Waals surface area contributed by atoms with E-state index in [9.17, 15) is 20.7 Å². The van der Waals surface area contributed by atoms with Gasteiger partial charge in [0.1, 0.15) is 23.2 Å². The smallest absolute Gasteiger partial charge is 0.224 e. The van der Waals surface area contributed by atoms with Crippen molar-refractivity contribution in [2.24, 2.45) is 5.92 Å². The SMILES string of the molecule is COc1nc(C#N)cc2c1[C@]1(O)[C@H](O)[C@H](CN3CCCC(C)(F)C3)[C@@H](c3ccccc3)[C@]1(c1ccc(C#N)cc1)O2. The molecule has 0 bridgehead atoms. The van der Waals surface area contributed by atoms with Crippen LogP contribution in [0.3, 0.4) is 0 Å². The molecule has 8 nitrogen and oxygen atoms in total. The van der Waals surface area contributed by atoms with Gasteiger partial charge in [-0.3, -0.25) is 4.90 Å². The standard InChI is InChI=1S/C32H31FN4O4/c1-30(33)13-6-14-37(19-30)18-24-26(21-7-4-3-5-8-21)32(22-11-9-20(16-34)10-12-22)31(39,28(24)38)27-25(41-32)15-23(17-35)36-29(27)40-2/h3-5,7-12,15,24,26,28,38-39H,6,13-14,18-19H2,1-2H3/t24-,26-,28-,30?,31+,32+/m1/s1. The van der Waals surface area contributed by atoms with Crippen molar-refractivity contribution in [3.05, 3.63) is 88.6 Å². The number of piperidine rings is 1. The lowest BCUT2D eigenvalue weighted by Gasteiger charge is -2.41. The van der Waals surface area contributed by atoms with E-state index in [4.69, 9.17) is 9.47 Å². The van der Waals surface area contributed by atoms with Crippen molar-refractivity contribution in [1.29, 1.82) is 10.5 Å². The lowest BCUT2D eigenvalue weighted by atomic mass is 9.70. The van der Waals surface area contributed by atoms with Crippen molar-refractivity contribution in [3.63, 3.8) is 0 Å². The molecule has 6 atom stereocenters. The van der Waals surface area contributed by atoms with Gasteiger partial charge in [-0.25, -0.2) is 9.37 Å². The molecular weight excluding hydrogens is 523 g/mol. The van der Waals surface area contributed by atoms with Gasteiger partial charge in [0.05, 0.1) is 30.4 Å². The molecule has 1 saturated heterocycles. The molecule has 2 N–H and O–H groups in total. The average Bonchev–Trinajstić information content (AvgIpc) is 3.34. The number of fused-ring (bicyclic) bond motifs is 3. The van der Waals surface area contributed by atoms with Gasteiger partial charge in [-0.2, -0.15) is 10.5 Å². The first-order chi connectivity index (χ1) is 19.7. The molecule has 9 heteroatoms. The Labute approximate surface area is 238 Å². The summed E-state index contributed by atoms with van der Waals surface area (Å²) in [5.74, 6) is -1.04. The Bertz CT molecular complexity index is 1550. The highest BCUT2D eigenvalue weighted by Crippen LogP contribution is 2.69. The second-order valence-corrected chi connectivity index (χ2v) is 11.5. The number of ether oxygens (including phenoxy) is 2. The van der Waals surface area contributed by atoms with Crippen LogP contribution in [-0.2, 0) is 11.2 Å². The zero-order chi connectivity index (χ0) is 29.0. The maximum Gasteiger partial charge on any atom is 0.224 e. The molecule has 3 aromatic rings. The topological polar surface area (TPSA) is 123 Å². The number of aromatic nitrogens is 1. The summed E-state index contributed by atoms with van der Waals surface area (Å²) in [7, 11) is 1.39. The van der Waals surface area contributed by atoms with Crippen molar-refractivity contribution in [2.75, 3.05) is 26.7 Å². The third-order valence-electron chi connectivity index (χ3n) is 8.97. The number of methoxy groups -OCH3 is 1. The number of nitrogens with zero attached hydrogens (tertiary/aromatic N) is 4. The van der Waals surface area contributed by atoms with E-state index in [1.54, 1.807) is 31.2 Å². The van der Waals surface area contributed by atoms with Crippen LogP contribution in [0, 0.1) is 28.6 Å². The van der Waals surface area contributed by atoms with E-state index in [0.717, 1.165) is 5.56 Å². The van der Waals surface area contributed by atoms with E-state index >= 15 is 4.39 Å². The molecule has 1 aromatic heterocycles. The van der Waals surface area contributed by atoms with Crippen LogP contribution >= 0.6 is 0 Å². The van der Waals surface area contributed by atoms with Gasteiger partial charge < -0.3 is 19.7 Å². The number of aliphatic hydroxyl groups is 2. The van der Waals surface area contributed by atoms with Crippen LogP contribution in [-0.4, -0.2) is 58.6 Å². The first-order valence-corrected chi connectivity index (χ1v) is 13.7. The third kappa shape index (κ3) is 3.99. The molecule has 2 fully saturated rings. The number of hydrogen-bond donors (Lipinski definition) is 2. The third-order valence-corrected chi connectivity index (χ3v) is 8.97. The fraction of sp³-hybridized carbons (Fsp3) is 0.406. The van der Waals surface area contributed by atoms with Crippen LogP contribution in [0.1, 0.15) is 53.6 Å². The monoisotopic (exact) mass is 554 g/mol. The van der Waals surface area contributed by atoms with Gasteiger partial charge in [0.15, 0.2) is 11.2 Å². The predicted molar refractivity (Wildman–Crippen MR) is 147 cm³/mol. The fourth-order valence-corrected chi connectivity index (χ4v) is 7.38. The molecule has 210 valence electrons. The Morgan fingerprint density at radius 2 is 1.88 bits per heavy atom. The number of alkyl halides is 1. The maximum absolute atomic E-state index is 15.1. The van der Waals surface area contributed by atoms with Crippen molar-refractivity contribution < 1.29 is 24.1 Å². The minimum absolute atomic E-state index is 0.0158. The summed E-state index contributed by atoms with van der Waals surface area (Å²) < 4.78 is 27.5. The zero-order valence-corrected chi connectivity index (χ0v) is 22.9. The van der Waals surface area contributed by atoms with E-state index in [1.165, 1.54) is 13.2 Å². The van der Waals surface area contributed by atoms with E-state index < -0.39 is 34.8 Å². The summed E-state index contributed by atoms with van der Waals surface area (Å²) in [5, 5.41) is 44.4. The van der Waals surface area contributed by atoms with Gasteiger partial charge in [0, 0.05) is 31.0 Å². The van der Waals surface area contributed by atoms with E-state index in [2.05, 4.69) is 11.1 Å². The van der Waals surface area contributed by atoms with Gasteiger partial charge in [-0.1, -0.05) is 42.5 Å². The van der Waals surface area contributed by atoms with Crippen LogP contribution in [0.2, 0.25) is 0 Å². The van der Waals surface area contributed by atoms with Gasteiger partial charge in [0.2, 0.25) is 5.88 Å². The highest BCUT2D eigenvalue weighted by molar-refractivity contribution is 5.60. The summed E-state index contributed by atoms with van der Waals surface area (Å²) in [6.45, 7) is 2.79. The Morgan fingerprint density at radius 3 is 2.51 bits per heavy atom.